The Morgan fingerprint density at radius 1 is 0.629 bits per heavy atom. The van der Waals surface area contributed by atoms with Crippen molar-refractivity contribution in [3.05, 3.63) is 108 Å². The molecule has 0 N–H and O–H groups in total. The van der Waals surface area contributed by atoms with E-state index < -0.39 is 0 Å². The number of hydrogen-bond donors (Lipinski definition) is 0. The van der Waals surface area contributed by atoms with Crippen LogP contribution in [0.15, 0.2) is 85.5 Å². The smallest absolute Gasteiger partial charge is 0.146 e. The van der Waals surface area contributed by atoms with Crippen LogP contribution in [0.1, 0.15) is 22.3 Å². The second kappa shape index (κ2) is 6.10. The SMILES string of the molecule is c1ccc2c(c1)Cc1cc3c(cc1-2)-c1ccc2nc4c5ccncc5c5cnccc5n4c2c1C3. The maximum atomic E-state index is 5.14. The highest BCUT2D eigenvalue weighted by atomic mass is 15.0. The third-order valence-electron chi connectivity index (χ3n) is 7.99. The van der Waals surface area contributed by atoms with Gasteiger partial charge in [0.2, 0.25) is 0 Å². The van der Waals surface area contributed by atoms with Gasteiger partial charge in [0.15, 0.2) is 0 Å². The molecule has 2 aliphatic carbocycles. The van der Waals surface area contributed by atoms with Crippen LogP contribution < -0.4 is 0 Å². The van der Waals surface area contributed by atoms with Crippen LogP contribution in [0.25, 0.3) is 60.6 Å². The molecule has 4 heterocycles. The summed E-state index contributed by atoms with van der Waals surface area (Å²) >= 11 is 0. The lowest BCUT2D eigenvalue weighted by Gasteiger charge is -2.09. The summed E-state index contributed by atoms with van der Waals surface area (Å²) in [5, 5.41) is 3.30. The van der Waals surface area contributed by atoms with Crippen LogP contribution >= 0.6 is 0 Å². The van der Waals surface area contributed by atoms with Crippen molar-refractivity contribution in [3.8, 4) is 22.3 Å². The Bertz CT molecular complexity index is 2070. The number of rotatable bonds is 0. The third kappa shape index (κ3) is 2.15. The maximum absolute atomic E-state index is 5.14. The van der Waals surface area contributed by atoms with Crippen molar-refractivity contribution in [1.29, 1.82) is 0 Å². The normalized spacial score (nSPS) is 13.5. The average molecular weight is 447 g/mol. The first-order chi connectivity index (χ1) is 17.3. The minimum Gasteiger partial charge on any atom is -0.291 e. The fourth-order valence-electron chi connectivity index (χ4n) is 6.50. The zero-order chi connectivity index (χ0) is 22.7. The quantitative estimate of drug-likeness (QED) is 0.243. The highest BCUT2D eigenvalue weighted by Crippen LogP contribution is 2.47. The van der Waals surface area contributed by atoms with Crippen molar-refractivity contribution in [1.82, 2.24) is 19.4 Å². The van der Waals surface area contributed by atoms with Crippen molar-refractivity contribution in [2.45, 2.75) is 12.8 Å². The lowest BCUT2D eigenvalue weighted by molar-refractivity contribution is 1.20. The van der Waals surface area contributed by atoms with Crippen molar-refractivity contribution in [3.63, 3.8) is 0 Å². The highest BCUT2D eigenvalue weighted by molar-refractivity contribution is 6.13. The molecule has 0 atom stereocenters. The van der Waals surface area contributed by atoms with Gasteiger partial charge in [-0.05, 0) is 75.2 Å². The number of imidazole rings is 1. The van der Waals surface area contributed by atoms with Crippen LogP contribution in [0.4, 0.5) is 0 Å². The fraction of sp³-hybridized carbons (Fsp3) is 0.0645. The van der Waals surface area contributed by atoms with Gasteiger partial charge < -0.3 is 0 Å². The van der Waals surface area contributed by atoms with E-state index in [9.17, 15) is 0 Å². The van der Waals surface area contributed by atoms with Gasteiger partial charge in [0.05, 0.1) is 16.6 Å². The molecule has 4 nitrogen and oxygen atoms in total. The first-order valence-electron chi connectivity index (χ1n) is 12.0. The molecule has 35 heavy (non-hydrogen) atoms. The second-order valence-corrected chi connectivity index (χ2v) is 9.72. The van der Waals surface area contributed by atoms with E-state index in [0.29, 0.717) is 0 Å². The topological polar surface area (TPSA) is 43.1 Å². The summed E-state index contributed by atoms with van der Waals surface area (Å²) in [4.78, 5) is 14.0. The lowest BCUT2D eigenvalue weighted by atomic mass is 9.98. The monoisotopic (exact) mass is 446 g/mol. The molecule has 0 fully saturated rings. The number of nitrogens with zero attached hydrogens (tertiary/aromatic N) is 4. The Morgan fingerprint density at radius 2 is 1.46 bits per heavy atom. The molecule has 0 radical (unpaired) electrons. The standard InChI is InChI=1S/C31H18N4/c1-2-4-20-17(3-1)11-18-12-19-13-25-21(24(19)14-23(18)20)5-6-28-30(25)35-29-8-10-33-16-27(29)26-15-32-9-7-22(26)31(35)34-28/h1-10,12,14-16H,11,13H2. The summed E-state index contributed by atoms with van der Waals surface area (Å²) in [7, 11) is 0. The predicted molar refractivity (Wildman–Crippen MR) is 140 cm³/mol. The Labute approximate surface area is 200 Å². The van der Waals surface area contributed by atoms with E-state index >= 15 is 0 Å². The molecule has 4 aromatic heterocycles. The van der Waals surface area contributed by atoms with Crippen LogP contribution in [-0.4, -0.2) is 19.4 Å². The number of benzene rings is 3. The second-order valence-electron chi connectivity index (χ2n) is 9.72. The molecule has 2 aliphatic rings. The van der Waals surface area contributed by atoms with Crippen molar-refractivity contribution >= 4 is 38.4 Å². The van der Waals surface area contributed by atoms with Crippen LogP contribution in [0, 0.1) is 0 Å². The van der Waals surface area contributed by atoms with E-state index in [2.05, 4.69) is 75.0 Å². The molecule has 0 aliphatic heterocycles. The van der Waals surface area contributed by atoms with Crippen molar-refractivity contribution < 1.29 is 0 Å². The maximum Gasteiger partial charge on any atom is 0.146 e. The molecule has 0 spiro atoms. The summed E-state index contributed by atoms with van der Waals surface area (Å²) in [5.74, 6) is 0. The molecule has 4 heteroatoms. The van der Waals surface area contributed by atoms with Gasteiger partial charge in [0.1, 0.15) is 5.65 Å². The van der Waals surface area contributed by atoms with Gasteiger partial charge in [0.25, 0.3) is 0 Å². The molecule has 3 aromatic carbocycles. The minimum absolute atomic E-state index is 0.931. The Morgan fingerprint density at radius 3 is 2.43 bits per heavy atom. The van der Waals surface area contributed by atoms with Gasteiger partial charge in [0, 0.05) is 47.4 Å². The summed E-state index contributed by atoms with van der Waals surface area (Å²) in [6, 6.07) is 22.3. The van der Waals surface area contributed by atoms with Crippen molar-refractivity contribution in [2.75, 3.05) is 0 Å². The highest BCUT2D eigenvalue weighted by Gasteiger charge is 2.28. The van der Waals surface area contributed by atoms with E-state index in [1.807, 2.05) is 24.8 Å². The van der Waals surface area contributed by atoms with E-state index in [1.54, 1.807) is 0 Å². The number of pyridine rings is 3. The minimum atomic E-state index is 0.931. The van der Waals surface area contributed by atoms with E-state index in [4.69, 9.17) is 4.98 Å². The molecule has 162 valence electrons. The average Bonchev–Trinajstić information content (AvgIpc) is 3.58. The molecule has 0 bridgehead atoms. The number of hydrogen-bond acceptors (Lipinski definition) is 3. The summed E-state index contributed by atoms with van der Waals surface area (Å²) in [6.45, 7) is 0. The van der Waals surface area contributed by atoms with Gasteiger partial charge >= 0.3 is 0 Å². The van der Waals surface area contributed by atoms with Gasteiger partial charge in [-0.3, -0.25) is 14.4 Å². The number of fused-ring (bicyclic) bond motifs is 15. The Balaban J connectivity index is 1.40. The first kappa shape index (κ1) is 17.8. The van der Waals surface area contributed by atoms with Crippen LogP contribution in [0.5, 0.6) is 0 Å². The van der Waals surface area contributed by atoms with Crippen molar-refractivity contribution in [2.24, 2.45) is 0 Å². The van der Waals surface area contributed by atoms with E-state index in [1.165, 1.54) is 50.0 Å². The van der Waals surface area contributed by atoms with E-state index in [-0.39, 0.29) is 0 Å². The van der Waals surface area contributed by atoms with Crippen LogP contribution in [0.3, 0.4) is 0 Å². The van der Waals surface area contributed by atoms with Gasteiger partial charge in [-0.25, -0.2) is 4.98 Å². The molecule has 0 saturated carbocycles. The van der Waals surface area contributed by atoms with Gasteiger partial charge in [-0.2, -0.15) is 0 Å². The lowest BCUT2D eigenvalue weighted by Crippen LogP contribution is -1.94. The van der Waals surface area contributed by atoms with Crippen LogP contribution in [0.2, 0.25) is 0 Å². The predicted octanol–water partition coefficient (Wildman–Crippen LogP) is 6.73. The van der Waals surface area contributed by atoms with E-state index in [0.717, 1.165) is 45.7 Å². The molecule has 0 unspecified atom stereocenters. The Hall–Kier alpha value is -4.57. The summed E-state index contributed by atoms with van der Waals surface area (Å²) in [6.07, 6.45) is 9.56. The largest absolute Gasteiger partial charge is 0.291 e. The zero-order valence-electron chi connectivity index (χ0n) is 18.8. The molecular formula is C31H18N4. The first-order valence-corrected chi connectivity index (χ1v) is 12.0. The Kier molecular flexibility index (Phi) is 3.11. The van der Waals surface area contributed by atoms with Gasteiger partial charge in [-0.1, -0.05) is 36.4 Å². The third-order valence-corrected chi connectivity index (χ3v) is 7.99. The van der Waals surface area contributed by atoms with Crippen LogP contribution in [-0.2, 0) is 12.8 Å². The fourth-order valence-corrected chi connectivity index (χ4v) is 6.50. The molecule has 7 aromatic rings. The zero-order valence-corrected chi connectivity index (χ0v) is 18.8. The summed E-state index contributed by atoms with van der Waals surface area (Å²) in [5.41, 5.74) is 15.5. The summed E-state index contributed by atoms with van der Waals surface area (Å²) < 4.78 is 2.35. The number of aromatic nitrogens is 4. The molecule has 0 amide bonds. The molecule has 9 rings (SSSR count). The molecule has 0 saturated heterocycles. The van der Waals surface area contributed by atoms with Gasteiger partial charge in [-0.15, -0.1) is 0 Å². The molecular weight excluding hydrogens is 428 g/mol.